The number of hydrogen-bond acceptors (Lipinski definition) is 6. The van der Waals surface area contributed by atoms with Gasteiger partial charge in [0.1, 0.15) is 11.5 Å². The van der Waals surface area contributed by atoms with E-state index in [1.165, 1.54) is 11.1 Å². The molecule has 0 atom stereocenters. The number of H-pyrrole nitrogens is 2. The lowest BCUT2D eigenvalue weighted by Crippen LogP contribution is -2.26. The summed E-state index contributed by atoms with van der Waals surface area (Å²) >= 11 is 6.21. The number of nitrogens with one attached hydrogen (secondary N) is 3. The molecular formula is C26H19ClN8O. The van der Waals surface area contributed by atoms with Gasteiger partial charge in [0.05, 0.1) is 22.4 Å². The molecule has 6 aromatic rings. The largest absolute Gasteiger partial charge is 0.350 e. The second-order valence-corrected chi connectivity index (χ2v) is 8.65. The zero-order valence-electron chi connectivity index (χ0n) is 19.0. The maximum Gasteiger partial charge on any atom is 0.274 e. The molecule has 0 fully saturated rings. The molecule has 0 bridgehead atoms. The van der Waals surface area contributed by atoms with Crippen LogP contribution in [-0.4, -0.2) is 43.1 Å². The van der Waals surface area contributed by atoms with Crippen LogP contribution in [0, 0.1) is 0 Å². The van der Waals surface area contributed by atoms with Crippen molar-refractivity contribution in [3.63, 3.8) is 0 Å². The highest BCUT2D eigenvalue weighted by atomic mass is 35.5. The summed E-state index contributed by atoms with van der Waals surface area (Å²) in [5.41, 5.74) is 4.52. The van der Waals surface area contributed by atoms with Crippen LogP contribution in [0.5, 0.6) is 0 Å². The predicted octanol–water partition coefficient (Wildman–Crippen LogP) is 5.57. The molecular weight excluding hydrogens is 476 g/mol. The number of carbonyl (C=O) groups excluding carboxylic acids is 1. The predicted molar refractivity (Wildman–Crippen MR) is 141 cm³/mol. The summed E-state index contributed by atoms with van der Waals surface area (Å²) in [4.78, 5) is 30.9. The fourth-order valence-electron chi connectivity index (χ4n) is 4.05. The standard InChI is InChI=1S/C26H19ClN8O/c1-35(23-6-8-28-14-19(23)27)26(36)22-11-15-2-3-16(12-21(15)32-22)25-29-9-7-24(33-25)31-18-4-5-20-17(10-18)13-30-34-20/h2-14,32H,1H3,(H,30,34)(H,29,31,33). The molecule has 0 unspecified atom stereocenters. The molecule has 0 spiro atoms. The monoisotopic (exact) mass is 494 g/mol. The van der Waals surface area contributed by atoms with E-state index in [4.69, 9.17) is 11.6 Å². The zero-order chi connectivity index (χ0) is 24.6. The van der Waals surface area contributed by atoms with Crippen LogP contribution in [0.2, 0.25) is 5.02 Å². The van der Waals surface area contributed by atoms with E-state index in [1.54, 1.807) is 31.7 Å². The minimum atomic E-state index is -0.210. The summed E-state index contributed by atoms with van der Waals surface area (Å²) in [7, 11) is 1.68. The average molecular weight is 495 g/mol. The van der Waals surface area contributed by atoms with Crippen molar-refractivity contribution in [1.82, 2.24) is 30.1 Å². The van der Waals surface area contributed by atoms with Crippen molar-refractivity contribution in [1.29, 1.82) is 0 Å². The van der Waals surface area contributed by atoms with Gasteiger partial charge in [-0.15, -0.1) is 0 Å². The Hall–Kier alpha value is -4.76. The van der Waals surface area contributed by atoms with Crippen molar-refractivity contribution in [2.45, 2.75) is 0 Å². The summed E-state index contributed by atoms with van der Waals surface area (Å²) < 4.78 is 0. The first-order valence-corrected chi connectivity index (χ1v) is 11.5. The van der Waals surface area contributed by atoms with Gasteiger partial charge in [-0.3, -0.25) is 14.9 Å². The van der Waals surface area contributed by atoms with Crippen LogP contribution < -0.4 is 10.2 Å². The average Bonchev–Trinajstić information content (AvgIpc) is 3.54. The van der Waals surface area contributed by atoms with Gasteiger partial charge in [0.25, 0.3) is 5.91 Å². The Morgan fingerprint density at radius 2 is 1.89 bits per heavy atom. The molecule has 6 rings (SSSR count). The number of anilines is 3. The van der Waals surface area contributed by atoms with Crippen molar-refractivity contribution >= 4 is 56.5 Å². The molecule has 4 heterocycles. The molecule has 4 aromatic heterocycles. The van der Waals surface area contributed by atoms with E-state index in [-0.39, 0.29) is 5.91 Å². The van der Waals surface area contributed by atoms with Crippen LogP contribution in [0.4, 0.5) is 17.2 Å². The van der Waals surface area contributed by atoms with E-state index in [9.17, 15) is 4.79 Å². The van der Waals surface area contributed by atoms with E-state index < -0.39 is 0 Å². The number of rotatable bonds is 5. The van der Waals surface area contributed by atoms with Crippen molar-refractivity contribution in [2.24, 2.45) is 0 Å². The van der Waals surface area contributed by atoms with Crippen LogP contribution in [0.1, 0.15) is 10.5 Å². The number of halogens is 1. The Labute approximate surface area is 210 Å². The molecule has 0 aliphatic heterocycles. The number of carbonyl (C=O) groups is 1. The second kappa shape index (κ2) is 8.79. The van der Waals surface area contributed by atoms with E-state index in [1.807, 2.05) is 48.5 Å². The molecule has 3 N–H and O–H groups in total. The van der Waals surface area contributed by atoms with E-state index in [0.717, 1.165) is 33.1 Å². The highest BCUT2D eigenvalue weighted by Crippen LogP contribution is 2.27. The highest BCUT2D eigenvalue weighted by molar-refractivity contribution is 6.33. The van der Waals surface area contributed by atoms with Gasteiger partial charge in [-0.2, -0.15) is 5.10 Å². The van der Waals surface area contributed by atoms with Crippen molar-refractivity contribution in [2.75, 3.05) is 17.3 Å². The number of aromatic nitrogens is 6. The molecule has 0 aliphatic carbocycles. The summed E-state index contributed by atoms with van der Waals surface area (Å²) in [6.07, 6.45) is 6.60. The van der Waals surface area contributed by atoms with Gasteiger partial charge in [-0.25, -0.2) is 9.97 Å². The van der Waals surface area contributed by atoms with E-state index in [2.05, 4.69) is 35.5 Å². The summed E-state index contributed by atoms with van der Waals surface area (Å²) in [5.74, 6) is 1.02. The summed E-state index contributed by atoms with van der Waals surface area (Å²) in [6, 6.07) is 17.1. The second-order valence-electron chi connectivity index (χ2n) is 8.24. The van der Waals surface area contributed by atoms with Crippen LogP contribution in [-0.2, 0) is 0 Å². The molecule has 9 nitrogen and oxygen atoms in total. The Kier molecular flexibility index (Phi) is 5.31. The number of fused-ring (bicyclic) bond motifs is 2. The molecule has 0 radical (unpaired) electrons. The maximum atomic E-state index is 13.1. The Balaban J connectivity index is 1.27. The molecule has 2 aromatic carbocycles. The third-order valence-corrected chi connectivity index (χ3v) is 6.19. The first kappa shape index (κ1) is 21.8. The molecule has 10 heteroatoms. The van der Waals surface area contributed by atoms with Gasteiger partial charge >= 0.3 is 0 Å². The van der Waals surface area contributed by atoms with Gasteiger partial charge in [-0.05, 0) is 42.5 Å². The third kappa shape index (κ3) is 4.01. The van der Waals surface area contributed by atoms with Crippen LogP contribution in [0.3, 0.4) is 0 Å². The van der Waals surface area contributed by atoms with E-state index >= 15 is 0 Å². The molecule has 0 saturated heterocycles. The number of pyridine rings is 1. The maximum absolute atomic E-state index is 13.1. The molecule has 0 aliphatic rings. The Bertz CT molecular complexity index is 1740. The lowest BCUT2D eigenvalue weighted by molar-refractivity contribution is 0.0989. The van der Waals surface area contributed by atoms with Gasteiger partial charge in [0.15, 0.2) is 5.82 Å². The fourth-order valence-corrected chi connectivity index (χ4v) is 4.29. The first-order chi connectivity index (χ1) is 17.5. The number of nitrogens with zero attached hydrogens (tertiary/aromatic N) is 5. The number of benzene rings is 2. The van der Waals surface area contributed by atoms with Crippen LogP contribution in [0.15, 0.2) is 79.4 Å². The first-order valence-electron chi connectivity index (χ1n) is 11.1. The SMILES string of the molecule is CN(C(=O)c1cc2ccc(-c3nccc(Nc4ccc5[nH]ncc5c4)n3)cc2[nH]1)c1ccncc1Cl. The minimum Gasteiger partial charge on any atom is -0.350 e. The highest BCUT2D eigenvalue weighted by Gasteiger charge is 2.18. The molecule has 176 valence electrons. The van der Waals surface area contributed by atoms with Crippen molar-refractivity contribution in [3.8, 4) is 11.4 Å². The lowest BCUT2D eigenvalue weighted by atomic mass is 10.1. The number of amides is 1. The lowest BCUT2D eigenvalue weighted by Gasteiger charge is -2.17. The van der Waals surface area contributed by atoms with Gasteiger partial charge < -0.3 is 15.2 Å². The number of hydrogen-bond donors (Lipinski definition) is 3. The topological polar surface area (TPSA) is 115 Å². The summed E-state index contributed by atoms with van der Waals surface area (Å²) in [5, 5.41) is 12.6. The third-order valence-electron chi connectivity index (χ3n) is 5.90. The quantitative estimate of drug-likeness (QED) is 0.288. The van der Waals surface area contributed by atoms with Crippen molar-refractivity contribution < 1.29 is 4.79 Å². The molecule has 36 heavy (non-hydrogen) atoms. The fraction of sp³-hybridized carbons (Fsp3) is 0.0385. The molecule has 1 amide bonds. The van der Waals surface area contributed by atoms with Gasteiger partial charge in [-0.1, -0.05) is 23.7 Å². The number of aromatic amines is 2. The van der Waals surface area contributed by atoms with Gasteiger partial charge in [0.2, 0.25) is 0 Å². The van der Waals surface area contributed by atoms with E-state index in [0.29, 0.717) is 28.0 Å². The van der Waals surface area contributed by atoms with Crippen LogP contribution >= 0.6 is 11.6 Å². The Morgan fingerprint density at radius 1 is 0.972 bits per heavy atom. The van der Waals surface area contributed by atoms with Crippen LogP contribution in [0.25, 0.3) is 33.2 Å². The molecule has 0 saturated carbocycles. The van der Waals surface area contributed by atoms with Gasteiger partial charge in [0, 0.05) is 53.2 Å². The summed E-state index contributed by atoms with van der Waals surface area (Å²) in [6.45, 7) is 0. The normalized spacial score (nSPS) is 11.2. The Morgan fingerprint density at radius 3 is 2.78 bits per heavy atom. The smallest absolute Gasteiger partial charge is 0.274 e. The zero-order valence-corrected chi connectivity index (χ0v) is 19.8. The minimum absolute atomic E-state index is 0.210. The van der Waals surface area contributed by atoms with Crippen molar-refractivity contribution in [3.05, 3.63) is 90.1 Å².